The number of hydrogen-bond donors (Lipinski definition) is 1. The van der Waals surface area contributed by atoms with E-state index < -0.39 is 0 Å². The molecule has 2 aromatic rings. The van der Waals surface area contributed by atoms with E-state index in [1.165, 1.54) is 0 Å². The molecular weight excluding hydrogens is 278 g/mol. The van der Waals surface area contributed by atoms with Crippen molar-refractivity contribution >= 4 is 22.8 Å². The molecule has 6 heteroatoms. The van der Waals surface area contributed by atoms with Crippen molar-refractivity contribution in [2.24, 2.45) is 13.0 Å². The third kappa shape index (κ3) is 2.42. The Bertz CT molecular complexity index is 698. The lowest BCUT2D eigenvalue weighted by atomic mass is 9.95. The first kappa shape index (κ1) is 13.5. The number of aromatic nitrogens is 3. The molecule has 2 fully saturated rings. The highest BCUT2D eigenvalue weighted by Crippen LogP contribution is 2.28. The van der Waals surface area contributed by atoms with Crippen molar-refractivity contribution in [2.75, 3.05) is 18.0 Å². The molecular formula is C16H21N5O. The van der Waals surface area contributed by atoms with Crippen LogP contribution in [0.1, 0.15) is 25.7 Å². The largest absolute Gasteiger partial charge is 0.356 e. The number of aryl methyl sites for hydroxylation is 1. The SMILES string of the molecule is Cn1ccc2c(N3CCC(C(=O)NC4CC4)CC3)ncnc21. The predicted octanol–water partition coefficient (Wildman–Crippen LogP) is 1.46. The molecule has 0 spiro atoms. The lowest BCUT2D eigenvalue weighted by molar-refractivity contribution is -0.125. The predicted molar refractivity (Wildman–Crippen MR) is 84.6 cm³/mol. The van der Waals surface area contributed by atoms with Gasteiger partial charge in [-0.1, -0.05) is 0 Å². The van der Waals surface area contributed by atoms with E-state index in [9.17, 15) is 4.79 Å². The number of fused-ring (bicyclic) bond motifs is 1. The van der Waals surface area contributed by atoms with Gasteiger partial charge in [0.25, 0.3) is 0 Å². The van der Waals surface area contributed by atoms with E-state index in [1.807, 2.05) is 17.8 Å². The van der Waals surface area contributed by atoms with Crippen molar-refractivity contribution < 1.29 is 4.79 Å². The van der Waals surface area contributed by atoms with Crippen LogP contribution in [0.3, 0.4) is 0 Å². The summed E-state index contributed by atoms with van der Waals surface area (Å²) in [6, 6.07) is 2.52. The zero-order chi connectivity index (χ0) is 15.1. The fraction of sp³-hybridized carbons (Fsp3) is 0.562. The molecule has 3 heterocycles. The lowest BCUT2D eigenvalue weighted by Gasteiger charge is -2.32. The quantitative estimate of drug-likeness (QED) is 0.932. The average molecular weight is 299 g/mol. The summed E-state index contributed by atoms with van der Waals surface area (Å²) >= 11 is 0. The van der Waals surface area contributed by atoms with E-state index in [1.54, 1.807) is 6.33 Å². The topological polar surface area (TPSA) is 63.1 Å². The van der Waals surface area contributed by atoms with Crippen LogP contribution in [0, 0.1) is 5.92 Å². The number of hydrogen-bond acceptors (Lipinski definition) is 4. The van der Waals surface area contributed by atoms with E-state index in [-0.39, 0.29) is 11.8 Å². The summed E-state index contributed by atoms with van der Waals surface area (Å²) in [4.78, 5) is 23.2. The Hall–Kier alpha value is -2.11. The smallest absolute Gasteiger partial charge is 0.223 e. The van der Waals surface area contributed by atoms with Crippen LogP contribution in [-0.2, 0) is 11.8 Å². The van der Waals surface area contributed by atoms with Crippen molar-refractivity contribution in [1.82, 2.24) is 19.9 Å². The average Bonchev–Trinajstić information content (AvgIpc) is 3.28. The molecule has 1 N–H and O–H groups in total. The van der Waals surface area contributed by atoms with Gasteiger partial charge in [0, 0.05) is 38.3 Å². The summed E-state index contributed by atoms with van der Waals surface area (Å²) in [5, 5.41) is 4.21. The molecule has 1 amide bonds. The van der Waals surface area contributed by atoms with E-state index >= 15 is 0 Å². The van der Waals surface area contributed by atoms with Gasteiger partial charge in [-0.05, 0) is 31.7 Å². The van der Waals surface area contributed by atoms with Gasteiger partial charge >= 0.3 is 0 Å². The first-order valence-corrected chi connectivity index (χ1v) is 8.04. The Morgan fingerprint density at radius 3 is 2.73 bits per heavy atom. The molecule has 4 rings (SSSR count). The molecule has 22 heavy (non-hydrogen) atoms. The number of carbonyl (C=O) groups excluding carboxylic acids is 1. The van der Waals surface area contributed by atoms with Crippen LogP contribution in [0.5, 0.6) is 0 Å². The van der Waals surface area contributed by atoms with Gasteiger partial charge < -0.3 is 14.8 Å². The van der Waals surface area contributed by atoms with E-state index in [0.29, 0.717) is 6.04 Å². The highest BCUT2D eigenvalue weighted by Gasteiger charge is 2.30. The standard InChI is InChI=1S/C16H21N5O/c1-20-7-6-13-14(20)17-10-18-15(13)21-8-4-11(5-9-21)16(22)19-12-2-3-12/h6-7,10-12H,2-5,8-9H2,1H3,(H,19,22). The molecule has 0 unspecified atom stereocenters. The van der Waals surface area contributed by atoms with Crippen molar-refractivity contribution in [3.63, 3.8) is 0 Å². The van der Waals surface area contributed by atoms with Gasteiger partial charge in [-0.25, -0.2) is 9.97 Å². The minimum atomic E-state index is 0.157. The molecule has 2 aliphatic rings. The zero-order valence-corrected chi connectivity index (χ0v) is 12.8. The van der Waals surface area contributed by atoms with Gasteiger partial charge in [-0.2, -0.15) is 0 Å². The van der Waals surface area contributed by atoms with Crippen LogP contribution in [0.25, 0.3) is 11.0 Å². The van der Waals surface area contributed by atoms with Crippen LogP contribution in [0.2, 0.25) is 0 Å². The second-order valence-corrected chi connectivity index (χ2v) is 6.41. The van der Waals surface area contributed by atoms with Crippen molar-refractivity contribution in [3.05, 3.63) is 18.6 Å². The maximum Gasteiger partial charge on any atom is 0.223 e. The second kappa shape index (κ2) is 5.26. The lowest BCUT2D eigenvalue weighted by Crippen LogP contribution is -2.41. The Kier molecular flexibility index (Phi) is 3.24. The summed E-state index contributed by atoms with van der Waals surface area (Å²) in [6.45, 7) is 1.76. The second-order valence-electron chi connectivity index (χ2n) is 6.41. The summed E-state index contributed by atoms with van der Waals surface area (Å²) in [5.74, 6) is 1.39. The maximum absolute atomic E-state index is 12.1. The number of carbonyl (C=O) groups is 1. The fourth-order valence-corrected chi connectivity index (χ4v) is 3.22. The summed E-state index contributed by atoms with van der Waals surface area (Å²) in [6.07, 6.45) is 7.74. The highest BCUT2D eigenvalue weighted by molar-refractivity contribution is 5.88. The van der Waals surface area contributed by atoms with Gasteiger partial charge in [0.2, 0.25) is 5.91 Å². The molecule has 6 nitrogen and oxygen atoms in total. The zero-order valence-electron chi connectivity index (χ0n) is 12.8. The molecule has 1 saturated heterocycles. The minimum absolute atomic E-state index is 0.157. The maximum atomic E-state index is 12.1. The molecule has 1 saturated carbocycles. The molecule has 0 radical (unpaired) electrons. The van der Waals surface area contributed by atoms with Gasteiger partial charge in [0.1, 0.15) is 17.8 Å². The van der Waals surface area contributed by atoms with Gasteiger partial charge in [0.15, 0.2) is 0 Å². The van der Waals surface area contributed by atoms with Crippen LogP contribution in [0.15, 0.2) is 18.6 Å². The van der Waals surface area contributed by atoms with Gasteiger partial charge in [0.05, 0.1) is 5.39 Å². The summed E-state index contributed by atoms with van der Waals surface area (Å²) in [7, 11) is 1.99. The number of piperidine rings is 1. The van der Waals surface area contributed by atoms with Gasteiger partial charge in [-0.15, -0.1) is 0 Å². The van der Waals surface area contributed by atoms with Crippen LogP contribution >= 0.6 is 0 Å². The third-order valence-corrected chi connectivity index (χ3v) is 4.73. The number of amides is 1. The molecule has 2 aromatic heterocycles. The third-order valence-electron chi connectivity index (χ3n) is 4.73. The number of nitrogens with zero attached hydrogens (tertiary/aromatic N) is 4. The summed E-state index contributed by atoms with van der Waals surface area (Å²) < 4.78 is 2.01. The molecule has 0 bridgehead atoms. The highest BCUT2D eigenvalue weighted by atomic mass is 16.2. The number of rotatable bonds is 3. The molecule has 0 aromatic carbocycles. The van der Waals surface area contributed by atoms with E-state index in [2.05, 4.69) is 26.3 Å². The first-order valence-electron chi connectivity index (χ1n) is 8.04. The molecule has 0 atom stereocenters. The van der Waals surface area contributed by atoms with Crippen LogP contribution in [0.4, 0.5) is 5.82 Å². The van der Waals surface area contributed by atoms with Gasteiger partial charge in [-0.3, -0.25) is 4.79 Å². The van der Waals surface area contributed by atoms with E-state index in [4.69, 9.17) is 0 Å². The molecule has 1 aliphatic heterocycles. The Balaban J connectivity index is 1.47. The minimum Gasteiger partial charge on any atom is -0.356 e. The van der Waals surface area contributed by atoms with Crippen LogP contribution < -0.4 is 10.2 Å². The Morgan fingerprint density at radius 2 is 2.00 bits per heavy atom. The monoisotopic (exact) mass is 299 g/mol. The fourth-order valence-electron chi connectivity index (χ4n) is 3.22. The van der Waals surface area contributed by atoms with Crippen LogP contribution in [-0.4, -0.2) is 39.6 Å². The first-order chi connectivity index (χ1) is 10.7. The van der Waals surface area contributed by atoms with Crippen molar-refractivity contribution in [1.29, 1.82) is 0 Å². The number of nitrogens with one attached hydrogen (secondary N) is 1. The molecule has 1 aliphatic carbocycles. The van der Waals surface area contributed by atoms with Crippen molar-refractivity contribution in [3.8, 4) is 0 Å². The Labute approximate surface area is 129 Å². The van der Waals surface area contributed by atoms with E-state index in [0.717, 1.165) is 55.6 Å². The Morgan fingerprint density at radius 1 is 1.23 bits per heavy atom. The normalized spacial score (nSPS) is 19.6. The number of anilines is 1. The van der Waals surface area contributed by atoms with Crippen molar-refractivity contribution in [2.45, 2.75) is 31.7 Å². The summed E-state index contributed by atoms with van der Waals surface area (Å²) in [5.41, 5.74) is 0.957. The molecule has 116 valence electrons.